The summed E-state index contributed by atoms with van der Waals surface area (Å²) < 4.78 is 5.23. The van der Waals surface area contributed by atoms with Crippen LogP contribution >= 0.6 is 0 Å². The van der Waals surface area contributed by atoms with Crippen LogP contribution in [-0.4, -0.2) is 26.0 Å². The van der Waals surface area contributed by atoms with Gasteiger partial charge in [0, 0.05) is 12.3 Å². The van der Waals surface area contributed by atoms with Crippen molar-refractivity contribution >= 4 is 11.7 Å². The molecule has 1 aromatic carbocycles. The van der Waals surface area contributed by atoms with Gasteiger partial charge < -0.3 is 9.84 Å². The fourth-order valence-electron chi connectivity index (χ4n) is 1.50. The molecular weight excluding hydrogens is 266 g/mol. The molecule has 0 aliphatic rings. The van der Waals surface area contributed by atoms with Gasteiger partial charge in [0.2, 0.25) is 5.75 Å². The summed E-state index contributed by atoms with van der Waals surface area (Å²) in [6.07, 6.45) is 1.09. The van der Waals surface area contributed by atoms with Crippen LogP contribution in [-0.2, 0) is 0 Å². The molecule has 102 valence electrons. The van der Waals surface area contributed by atoms with E-state index in [1.54, 1.807) is 6.07 Å². The Balaban J connectivity index is 2.34. The number of carboxylic acids is 1. The Labute approximate surface area is 112 Å². The average molecular weight is 275 g/mol. The molecule has 20 heavy (non-hydrogen) atoms. The maximum absolute atomic E-state index is 10.8. The highest BCUT2D eigenvalue weighted by atomic mass is 16.6. The second-order valence-electron chi connectivity index (χ2n) is 3.78. The van der Waals surface area contributed by atoms with Crippen molar-refractivity contribution in [2.24, 2.45) is 0 Å². The van der Waals surface area contributed by atoms with Crippen molar-refractivity contribution in [2.45, 2.75) is 6.92 Å². The monoisotopic (exact) mass is 275 g/mol. The van der Waals surface area contributed by atoms with E-state index in [0.29, 0.717) is 0 Å². The second-order valence-corrected chi connectivity index (χ2v) is 3.78. The van der Waals surface area contributed by atoms with Gasteiger partial charge in [0.05, 0.1) is 16.2 Å². The normalized spacial score (nSPS) is 10.1. The maximum Gasteiger partial charge on any atom is 0.339 e. The van der Waals surface area contributed by atoms with Crippen LogP contribution in [0.25, 0.3) is 0 Å². The Morgan fingerprint density at radius 1 is 1.40 bits per heavy atom. The number of ether oxygens (including phenoxy) is 1. The molecule has 0 aliphatic heterocycles. The van der Waals surface area contributed by atoms with Crippen LogP contribution in [0.3, 0.4) is 0 Å². The number of aromatic carboxylic acids is 1. The van der Waals surface area contributed by atoms with Crippen LogP contribution < -0.4 is 4.74 Å². The lowest BCUT2D eigenvalue weighted by Crippen LogP contribution is -2.04. The summed E-state index contributed by atoms with van der Waals surface area (Å²) in [6.45, 7) is 1.48. The van der Waals surface area contributed by atoms with Gasteiger partial charge in [-0.15, -0.1) is 0 Å². The van der Waals surface area contributed by atoms with Crippen molar-refractivity contribution < 1.29 is 19.6 Å². The zero-order valence-electron chi connectivity index (χ0n) is 10.3. The number of para-hydroxylation sites is 2. The molecule has 0 amide bonds. The van der Waals surface area contributed by atoms with E-state index in [2.05, 4.69) is 9.97 Å². The first-order chi connectivity index (χ1) is 9.49. The first-order valence-electron chi connectivity index (χ1n) is 5.47. The molecule has 1 heterocycles. The molecule has 8 heteroatoms. The van der Waals surface area contributed by atoms with Crippen LogP contribution in [0.15, 0.2) is 30.5 Å². The molecule has 0 saturated carbocycles. The smallest absolute Gasteiger partial charge is 0.339 e. The first-order valence-corrected chi connectivity index (χ1v) is 5.47. The van der Waals surface area contributed by atoms with Gasteiger partial charge in [-0.3, -0.25) is 10.1 Å². The van der Waals surface area contributed by atoms with Gasteiger partial charge in [0.15, 0.2) is 0 Å². The van der Waals surface area contributed by atoms with E-state index < -0.39 is 10.9 Å². The molecule has 0 spiro atoms. The Morgan fingerprint density at radius 3 is 2.70 bits per heavy atom. The molecule has 1 aromatic heterocycles. The molecule has 8 nitrogen and oxygen atoms in total. The molecule has 0 aliphatic carbocycles. The Kier molecular flexibility index (Phi) is 3.56. The molecule has 0 radical (unpaired) electrons. The summed E-state index contributed by atoms with van der Waals surface area (Å²) >= 11 is 0. The number of nitro benzene ring substituents is 1. The first kappa shape index (κ1) is 13.4. The van der Waals surface area contributed by atoms with Crippen molar-refractivity contribution in [3.05, 3.63) is 51.8 Å². The summed E-state index contributed by atoms with van der Waals surface area (Å²) in [6, 6.07) is 5.61. The fraction of sp³-hybridized carbons (Fsp3) is 0.0833. The number of hydrogen-bond acceptors (Lipinski definition) is 6. The van der Waals surface area contributed by atoms with E-state index in [1.165, 1.54) is 25.1 Å². The van der Waals surface area contributed by atoms with E-state index in [0.717, 1.165) is 6.20 Å². The third-order valence-electron chi connectivity index (χ3n) is 2.45. The minimum atomic E-state index is -1.15. The molecule has 0 bridgehead atoms. The minimum Gasteiger partial charge on any atom is -0.478 e. The number of carbonyl (C=O) groups is 1. The third-order valence-corrected chi connectivity index (χ3v) is 2.45. The summed E-state index contributed by atoms with van der Waals surface area (Å²) in [5, 5.41) is 19.7. The van der Waals surface area contributed by atoms with Gasteiger partial charge >= 0.3 is 17.7 Å². The van der Waals surface area contributed by atoms with Crippen molar-refractivity contribution in [1.29, 1.82) is 0 Å². The number of nitrogens with zero attached hydrogens (tertiary/aromatic N) is 3. The maximum atomic E-state index is 10.8. The summed E-state index contributed by atoms with van der Waals surface area (Å²) in [5.41, 5.74) is -0.0722. The van der Waals surface area contributed by atoms with E-state index in [-0.39, 0.29) is 28.7 Å². The molecule has 0 unspecified atom stereocenters. The highest BCUT2D eigenvalue weighted by Gasteiger charge is 2.17. The minimum absolute atomic E-state index is 0.0139. The van der Waals surface area contributed by atoms with Crippen LogP contribution in [0.5, 0.6) is 11.8 Å². The standard InChI is InChI=1S/C12H9N3O5/c1-7-8(11(16)17)6-13-12(14-7)20-10-5-3-2-4-9(10)15(18)19/h2-6H,1H3,(H,16,17). The number of aromatic nitrogens is 2. The van der Waals surface area contributed by atoms with E-state index in [4.69, 9.17) is 9.84 Å². The lowest BCUT2D eigenvalue weighted by atomic mass is 10.2. The average Bonchev–Trinajstić information content (AvgIpc) is 2.38. The quantitative estimate of drug-likeness (QED) is 0.671. The van der Waals surface area contributed by atoms with Crippen molar-refractivity contribution in [3.8, 4) is 11.8 Å². The number of nitro groups is 1. The summed E-state index contributed by atoms with van der Waals surface area (Å²) in [7, 11) is 0. The molecule has 0 fully saturated rings. The molecule has 2 aromatic rings. The fourth-order valence-corrected chi connectivity index (χ4v) is 1.50. The summed E-state index contributed by atoms with van der Waals surface area (Å²) in [4.78, 5) is 28.6. The zero-order chi connectivity index (χ0) is 14.7. The number of benzene rings is 1. The van der Waals surface area contributed by atoms with Crippen LogP contribution in [0.1, 0.15) is 16.1 Å². The predicted molar refractivity (Wildman–Crippen MR) is 66.9 cm³/mol. The van der Waals surface area contributed by atoms with Crippen LogP contribution in [0, 0.1) is 17.0 Å². The number of rotatable bonds is 4. The van der Waals surface area contributed by atoms with Gasteiger partial charge in [0.1, 0.15) is 0 Å². The Bertz CT molecular complexity index is 687. The van der Waals surface area contributed by atoms with E-state index >= 15 is 0 Å². The largest absolute Gasteiger partial charge is 0.478 e. The Hall–Kier alpha value is -3.03. The predicted octanol–water partition coefficient (Wildman–Crippen LogP) is 2.18. The third kappa shape index (κ3) is 2.69. The van der Waals surface area contributed by atoms with Crippen LogP contribution in [0.4, 0.5) is 5.69 Å². The highest BCUT2D eigenvalue weighted by Crippen LogP contribution is 2.29. The molecule has 0 saturated heterocycles. The van der Waals surface area contributed by atoms with E-state index in [1.807, 2.05) is 0 Å². The lowest BCUT2D eigenvalue weighted by Gasteiger charge is -2.05. The number of carboxylic acid groups (broad SMARTS) is 1. The van der Waals surface area contributed by atoms with Gasteiger partial charge in [-0.05, 0) is 13.0 Å². The van der Waals surface area contributed by atoms with Gasteiger partial charge in [-0.25, -0.2) is 9.78 Å². The molecular formula is C12H9N3O5. The van der Waals surface area contributed by atoms with Crippen molar-refractivity contribution in [2.75, 3.05) is 0 Å². The highest BCUT2D eigenvalue weighted by molar-refractivity contribution is 5.88. The SMILES string of the molecule is Cc1nc(Oc2ccccc2[N+](=O)[O-])ncc1C(=O)O. The van der Waals surface area contributed by atoms with Gasteiger partial charge in [-0.2, -0.15) is 4.98 Å². The van der Waals surface area contributed by atoms with Gasteiger partial charge in [0.25, 0.3) is 0 Å². The zero-order valence-corrected chi connectivity index (χ0v) is 10.3. The van der Waals surface area contributed by atoms with Crippen molar-refractivity contribution in [3.63, 3.8) is 0 Å². The van der Waals surface area contributed by atoms with Gasteiger partial charge in [-0.1, -0.05) is 12.1 Å². The molecule has 1 N–H and O–H groups in total. The Morgan fingerprint density at radius 2 is 2.10 bits per heavy atom. The molecule has 2 rings (SSSR count). The van der Waals surface area contributed by atoms with E-state index in [9.17, 15) is 14.9 Å². The molecule has 0 atom stereocenters. The van der Waals surface area contributed by atoms with Crippen molar-refractivity contribution in [1.82, 2.24) is 9.97 Å². The topological polar surface area (TPSA) is 115 Å². The summed E-state index contributed by atoms with van der Waals surface area (Å²) in [5.74, 6) is -1.17. The second kappa shape index (κ2) is 5.31. The number of aryl methyl sites for hydroxylation is 1. The number of hydrogen-bond donors (Lipinski definition) is 1. The lowest BCUT2D eigenvalue weighted by molar-refractivity contribution is -0.385. The van der Waals surface area contributed by atoms with Crippen LogP contribution in [0.2, 0.25) is 0 Å².